The minimum absolute atomic E-state index is 0.00275. The van der Waals surface area contributed by atoms with Gasteiger partial charge >= 0.3 is 0 Å². The first-order valence-electron chi connectivity index (χ1n) is 7.37. The number of nitrogens with zero attached hydrogens (tertiary/aromatic N) is 2. The maximum Gasteiger partial charge on any atom is 0.251 e. The fourth-order valence-electron chi connectivity index (χ4n) is 2.57. The second-order valence-electron chi connectivity index (χ2n) is 5.73. The van der Waals surface area contributed by atoms with Crippen LogP contribution in [0.5, 0.6) is 0 Å². The van der Waals surface area contributed by atoms with E-state index >= 15 is 0 Å². The quantitative estimate of drug-likeness (QED) is 0.851. The standard InChI is InChI=1S/C16H23N3O2/c1-4-15(20)19-9-7-18(8-10-19)11-13-5-6-14(12(2)3)16(21)17-13/h4-6,12H,1,7-11H2,2-3H3,(H,17,21). The molecule has 1 aromatic rings. The van der Waals surface area contributed by atoms with Crippen molar-refractivity contribution >= 4 is 5.91 Å². The predicted octanol–water partition coefficient (Wildman–Crippen LogP) is 1.33. The van der Waals surface area contributed by atoms with Gasteiger partial charge in [-0.2, -0.15) is 0 Å². The van der Waals surface area contributed by atoms with Gasteiger partial charge in [-0.25, -0.2) is 0 Å². The van der Waals surface area contributed by atoms with E-state index in [1.165, 1.54) is 6.08 Å². The van der Waals surface area contributed by atoms with Gasteiger partial charge in [0.2, 0.25) is 5.91 Å². The average Bonchev–Trinajstić information content (AvgIpc) is 2.47. The first-order valence-corrected chi connectivity index (χ1v) is 7.37. The number of pyridine rings is 1. The number of piperazine rings is 1. The third-order valence-electron chi connectivity index (χ3n) is 3.87. The van der Waals surface area contributed by atoms with Gasteiger partial charge in [-0.15, -0.1) is 0 Å². The lowest BCUT2D eigenvalue weighted by atomic mass is 10.1. The van der Waals surface area contributed by atoms with Crippen LogP contribution in [0.1, 0.15) is 31.0 Å². The molecule has 0 spiro atoms. The highest BCUT2D eigenvalue weighted by atomic mass is 16.2. The summed E-state index contributed by atoms with van der Waals surface area (Å²) in [4.78, 5) is 30.5. The Kier molecular flexibility index (Phi) is 4.96. The third-order valence-corrected chi connectivity index (χ3v) is 3.87. The van der Waals surface area contributed by atoms with Crippen LogP contribution in [0.4, 0.5) is 0 Å². The molecule has 2 rings (SSSR count). The van der Waals surface area contributed by atoms with Gasteiger partial charge in [-0.1, -0.05) is 26.5 Å². The Morgan fingerprint density at radius 3 is 2.52 bits per heavy atom. The van der Waals surface area contributed by atoms with E-state index in [0.717, 1.165) is 24.3 Å². The Hall–Kier alpha value is -1.88. The molecule has 0 aliphatic carbocycles. The van der Waals surface area contributed by atoms with Crippen molar-refractivity contribution in [2.75, 3.05) is 26.2 Å². The molecule has 0 saturated carbocycles. The largest absolute Gasteiger partial charge is 0.337 e. The summed E-state index contributed by atoms with van der Waals surface area (Å²) in [6.45, 7) is 11.3. The highest BCUT2D eigenvalue weighted by Gasteiger charge is 2.19. The Bertz CT molecular complexity index is 569. The number of hydrogen-bond acceptors (Lipinski definition) is 3. The smallest absolute Gasteiger partial charge is 0.251 e. The van der Waals surface area contributed by atoms with Crippen LogP contribution in [0, 0.1) is 0 Å². The summed E-state index contributed by atoms with van der Waals surface area (Å²) < 4.78 is 0. The van der Waals surface area contributed by atoms with Gasteiger partial charge < -0.3 is 9.88 Å². The van der Waals surface area contributed by atoms with Crippen LogP contribution in [0.25, 0.3) is 0 Å². The fraction of sp³-hybridized carbons (Fsp3) is 0.500. The Labute approximate surface area is 125 Å². The van der Waals surface area contributed by atoms with E-state index in [-0.39, 0.29) is 17.4 Å². The van der Waals surface area contributed by atoms with Crippen molar-refractivity contribution in [2.45, 2.75) is 26.3 Å². The summed E-state index contributed by atoms with van der Waals surface area (Å²) in [6, 6.07) is 3.90. The molecule has 114 valence electrons. The molecular weight excluding hydrogens is 266 g/mol. The van der Waals surface area contributed by atoms with Crippen molar-refractivity contribution in [3.63, 3.8) is 0 Å². The van der Waals surface area contributed by atoms with Crippen LogP contribution in [-0.2, 0) is 11.3 Å². The van der Waals surface area contributed by atoms with Gasteiger partial charge in [0.05, 0.1) is 0 Å². The van der Waals surface area contributed by atoms with E-state index in [2.05, 4.69) is 16.5 Å². The molecule has 0 radical (unpaired) electrons. The Balaban J connectivity index is 1.95. The molecule has 1 fully saturated rings. The second-order valence-corrected chi connectivity index (χ2v) is 5.73. The maximum absolute atomic E-state index is 12.0. The lowest BCUT2D eigenvalue weighted by molar-refractivity contribution is -0.127. The number of aromatic nitrogens is 1. The summed E-state index contributed by atoms with van der Waals surface area (Å²) in [5.41, 5.74) is 1.75. The number of carbonyl (C=O) groups excluding carboxylic acids is 1. The van der Waals surface area contributed by atoms with Crippen molar-refractivity contribution in [2.24, 2.45) is 0 Å². The number of rotatable bonds is 4. The molecule has 1 saturated heterocycles. The van der Waals surface area contributed by atoms with Gasteiger partial charge in [0, 0.05) is 44.0 Å². The van der Waals surface area contributed by atoms with E-state index in [0.29, 0.717) is 19.6 Å². The van der Waals surface area contributed by atoms with Crippen LogP contribution in [0.3, 0.4) is 0 Å². The Morgan fingerprint density at radius 2 is 2.00 bits per heavy atom. The SMILES string of the molecule is C=CC(=O)N1CCN(Cc2ccc(C(C)C)c(=O)[nH]2)CC1. The van der Waals surface area contributed by atoms with Gasteiger partial charge in [0.15, 0.2) is 0 Å². The van der Waals surface area contributed by atoms with Crippen LogP contribution in [0.2, 0.25) is 0 Å². The number of carbonyl (C=O) groups is 1. The highest BCUT2D eigenvalue weighted by molar-refractivity contribution is 5.87. The average molecular weight is 289 g/mol. The van der Waals surface area contributed by atoms with Gasteiger partial charge in [-0.05, 0) is 18.1 Å². The summed E-state index contributed by atoms with van der Waals surface area (Å²) >= 11 is 0. The molecule has 5 heteroatoms. The molecule has 1 aromatic heterocycles. The number of H-pyrrole nitrogens is 1. The molecule has 0 aromatic carbocycles. The van der Waals surface area contributed by atoms with E-state index in [1.807, 2.05) is 26.0 Å². The normalized spacial score (nSPS) is 16.2. The zero-order valence-electron chi connectivity index (χ0n) is 12.8. The zero-order chi connectivity index (χ0) is 15.4. The van der Waals surface area contributed by atoms with Crippen molar-refractivity contribution in [1.82, 2.24) is 14.8 Å². The molecule has 21 heavy (non-hydrogen) atoms. The first-order chi connectivity index (χ1) is 10.0. The molecule has 1 N–H and O–H groups in total. The monoisotopic (exact) mass is 289 g/mol. The number of aromatic amines is 1. The number of amides is 1. The van der Waals surface area contributed by atoms with E-state index in [4.69, 9.17) is 0 Å². The number of hydrogen-bond donors (Lipinski definition) is 1. The Morgan fingerprint density at radius 1 is 1.33 bits per heavy atom. The van der Waals surface area contributed by atoms with Gasteiger partial charge in [-0.3, -0.25) is 14.5 Å². The molecule has 0 unspecified atom stereocenters. The molecule has 1 amide bonds. The second kappa shape index (κ2) is 6.72. The summed E-state index contributed by atoms with van der Waals surface area (Å²) in [5, 5.41) is 0. The van der Waals surface area contributed by atoms with Crippen LogP contribution in [-0.4, -0.2) is 46.9 Å². The van der Waals surface area contributed by atoms with Gasteiger partial charge in [0.1, 0.15) is 0 Å². The van der Waals surface area contributed by atoms with Crippen molar-refractivity contribution in [3.8, 4) is 0 Å². The van der Waals surface area contributed by atoms with Crippen LogP contribution in [0.15, 0.2) is 29.6 Å². The maximum atomic E-state index is 12.0. The van der Waals surface area contributed by atoms with Crippen molar-refractivity contribution in [1.29, 1.82) is 0 Å². The highest BCUT2D eigenvalue weighted by Crippen LogP contribution is 2.11. The zero-order valence-corrected chi connectivity index (χ0v) is 12.8. The lowest BCUT2D eigenvalue weighted by Crippen LogP contribution is -2.47. The van der Waals surface area contributed by atoms with Crippen molar-refractivity contribution in [3.05, 3.63) is 46.4 Å². The molecule has 0 atom stereocenters. The third kappa shape index (κ3) is 3.82. The summed E-state index contributed by atoms with van der Waals surface area (Å²) in [5.74, 6) is 0.223. The van der Waals surface area contributed by atoms with Crippen LogP contribution < -0.4 is 5.56 Å². The van der Waals surface area contributed by atoms with E-state index < -0.39 is 0 Å². The minimum atomic E-state index is -0.00987. The molecule has 2 heterocycles. The molecule has 5 nitrogen and oxygen atoms in total. The van der Waals surface area contributed by atoms with Crippen molar-refractivity contribution < 1.29 is 4.79 Å². The minimum Gasteiger partial charge on any atom is -0.337 e. The number of nitrogens with one attached hydrogen (secondary N) is 1. The van der Waals surface area contributed by atoms with E-state index in [1.54, 1.807) is 4.90 Å². The molecule has 1 aliphatic rings. The lowest BCUT2D eigenvalue weighted by Gasteiger charge is -2.34. The predicted molar refractivity (Wildman–Crippen MR) is 83.2 cm³/mol. The fourth-order valence-corrected chi connectivity index (χ4v) is 2.57. The van der Waals surface area contributed by atoms with Crippen LogP contribution >= 0.6 is 0 Å². The first kappa shape index (κ1) is 15.5. The molecular formula is C16H23N3O2. The summed E-state index contributed by atoms with van der Waals surface area (Å²) in [6.07, 6.45) is 1.36. The molecule has 1 aliphatic heterocycles. The van der Waals surface area contributed by atoms with Gasteiger partial charge in [0.25, 0.3) is 5.56 Å². The summed E-state index contributed by atoms with van der Waals surface area (Å²) in [7, 11) is 0. The topological polar surface area (TPSA) is 56.4 Å². The van der Waals surface area contributed by atoms with E-state index in [9.17, 15) is 9.59 Å². The molecule has 0 bridgehead atoms.